The Morgan fingerprint density at radius 2 is 1.28 bits per heavy atom. The Labute approximate surface area is 297 Å². The molecule has 7 rings (SSSR count). The van der Waals surface area contributed by atoms with Gasteiger partial charge in [-0.2, -0.15) is 12.1 Å². The molecule has 2 fully saturated rings. The summed E-state index contributed by atoms with van der Waals surface area (Å²) >= 11 is 0. The van der Waals surface area contributed by atoms with Gasteiger partial charge < -0.3 is 9.97 Å². The molecule has 0 spiro atoms. The zero-order valence-corrected chi connectivity index (χ0v) is 31.5. The minimum Gasteiger partial charge on any atom is -0.318 e. The van der Waals surface area contributed by atoms with Gasteiger partial charge in [-0.15, -0.1) is 42.0 Å². The second kappa shape index (κ2) is 16.7. The fourth-order valence-corrected chi connectivity index (χ4v) is 8.82. The fourth-order valence-electron chi connectivity index (χ4n) is 7.23. The van der Waals surface area contributed by atoms with E-state index in [2.05, 4.69) is 104 Å². The van der Waals surface area contributed by atoms with Crippen molar-refractivity contribution in [3.63, 3.8) is 0 Å². The number of benzene rings is 2. The van der Waals surface area contributed by atoms with E-state index in [1.165, 1.54) is 85.2 Å². The van der Waals surface area contributed by atoms with Crippen molar-refractivity contribution < 1.29 is 20.1 Å². The Morgan fingerprint density at radius 3 is 1.89 bits per heavy atom. The molecule has 47 heavy (non-hydrogen) atoms. The number of rotatable bonds is 8. The predicted octanol–water partition coefficient (Wildman–Crippen LogP) is 10.2. The zero-order chi connectivity index (χ0) is 31.8. The Kier molecular flexibility index (Phi) is 12.5. The summed E-state index contributed by atoms with van der Waals surface area (Å²) in [4.78, 5) is 13.8. The van der Waals surface area contributed by atoms with Crippen LogP contribution in [-0.2, 0) is 32.9 Å². The van der Waals surface area contributed by atoms with Gasteiger partial charge in [-0.3, -0.25) is 4.98 Å². The van der Waals surface area contributed by atoms with Gasteiger partial charge in [-0.05, 0) is 64.3 Å². The third kappa shape index (κ3) is 9.44. The third-order valence-corrected chi connectivity index (χ3v) is 11.7. The summed E-state index contributed by atoms with van der Waals surface area (Å²) in [6.45, 7) is 7.23. The largest absolute Gasteiger partial charge is 0.318 e. The third-order valence-electron chi connectivity index (χ3n) is 9.67. The SMILES string of the molecule is C[Si](C)(C)c1cnc(-c2[c-]cccn2)cc1CC1CCCC1.[Ir].[c-]1ccccc1-c1cc(CC2CCCC2)c(-c2ccccc2)cn1. The molecule has 2 saturated carbocycles. The second-order valence-corrected chi connectivity index (χ2v) is 19.2. The van der Waals surface area contributed by atoms with Crippen LogP contribution < -0.4 is 5.19 Å². The van der Waals surface area contributed by atoms with E-state index in [1.807, 2.05) is 30.5 Å². The van der Waals surface area contributed by atoms with E-state index in [9.17, 15) is 0 Å². The first-order valence-electron chi connectivity index (χ1n) is 17.3. The molecule has 245 valence electrons. The van der Waals surface area contributed by atoms with Crippen LogP contribution in [0.1, 0.15) is 62.5 Å². The monoisotopic (exact) mass is 814 g/mol. The number of pyridine rings is 3. The van der Waals surface area contributed by atoms with Crippen LogP contribution >= 0.6 is 0 Å². The molecule has 5 heteroatoms. The summed E-state index contributed by atoms with van der Waals surface area (Å²) in [7, 11) is -1.37. The molecule has 2 aliphatic carbocycles. The molecule has 0 bridgehead atoms. The van der Waals surface area contributed by atoms with Crippen LogP contribution in [0.25, 0.3) is 33.8 Å². The topological polar surface area (TPSA) is 38.7 Å². The van der Waals surface area contributed by atoms with Gasteiger partial charge >= 0.3 is 0 Å². The molecule has 3 heterocycles. The molecule has 0 atom stereocenters. The molecule has 2 aromatic carbocycles. The minimum absolute atomic E-state index is 0. The van der Waals surface area contributed by atoms with Crippen molar-refractivity contribution in [3.05, 3.63) is 121 Å². The van der Waals surface area contributed by atoms with E-state index < -0.39 is 8.07 Å². The van der Waals surface area contributed by atoms with Gasteiger partial charge in [0.15, 0.2) is 0 Å². The summed E-state index contributed by atoms with van der Waals surface area (Å²) in [5.74, 6) is 1.68. The van der Waals surface area contributed by atoms with Crippen molar-refractivity contribution in [3.8, 4) is 33.8 Å². The summed E-state index contributed by atoms with van der Waals surface area (Å²) in [6.07, 6.45) is 19.4. The van der Waals surface area contributed by atoms with Crippen molar-refractivity contribution >= 4 is 13.3 Å². The average Bonchev–Trinajstić information content (AvgIpc) is 3.81. The Hall–Kier alpha value is -3.24. The standard InChI is InChI=1S/C23H22N.C19H25N2Si.Ir/c1-3-11-19(12-4-1)22-17-24-23(20-13-5-2-6-14-20)16-21(22)15-18-9-7-8-10-18;1-22(2,3)19-14-21-18(17-10-6-7-11-20-17)13-16(19)12-15-8-4-5-9-15;/h1-6,11-13,16-18H,7-10,15H2;6-7,11,13-15H,4-5,8-9,12H2,1-3H3;/q2*-1;. The maximum absolute atomic E-state index is 4.73. The van der Waals surface area contributed by atoms with Gasteiger partial charge in [0.05, 0.1) is 8.07 Å². The van der Waals surface area contributed by atoms with Crippen molar-refractivity contribution in [1.82, 2.24) is 15.0 Å². The van der Waals surface area contributed by atoms with Gasteiger partial charge in [0, 0.05) is 38.1 Å². The summed E-state index contributed by atoms with van der Waals surface area (Å²) in [5.41, 5.74) is 9.41. The maximum atomic E-state index is 4.73. The average molecular weight is 814 g/mol. The van der Waals surface area contributed by atoms with E-state index in [1.54, 1.807) is 0 Å². The molecular formula is C42H47IrN3Si-2. The van der Waals surface area contributed by atoms with Gasteiger partial charge in [0.1, 0.15) is 0 Å². The molecule has 5 aromatic rings. The maximum Gasteiger partial charge on any atom is 0.0798 e. The first kappa shape index (κ1) is 35.1. The second-order valence-electron chi connectivity index (χ2n) is 14.2. The van der Waals surface area contributed by atoms with Gasteiger partial charge in [0.25, 0.3) is 0 Å². The van der Waals surface area contributed by atoms with Crippen molar-refractivity contribution in [1.29, 1.82) is 0 Å². The molecule has 3 nitrogen and oxygen atoms in total. The number of hydrogen-bond acceptors (Lipinski definition) is 3. The van der Waals surface area contributed by atoms with E-state index in [-0.39, 0.29) is 20.1 Å². The molecule has 0 unspecified atom stereocenters. The Balaban J connectivity index is 0.000000181. The van der Waals surface area contributed by atoms with Gasteiger partial charge in [-0.1, -0.05) is 119 Å². The van der Waals surface area contributed by atoms with Crippen LogP contribution in [0.2, 0.25) is 19.6 Å². The quantitative estimate of drug-likeness (QED) is 0.116. The number of aromatic nitrogens is 3. The first-order chi connectivity index (χ1) is 22.4. The van der Waals surface area contributed by atoms with Crippen LogP contribution in [0.4, 0.5) is 0 Å². The first-order valence-corrected chi connectivity index (χ1v) is 20.8. The van der Waals surface area contributed by atoms with Crippen molar-refractivity contribution in [2.45, 2.75) is 83.8 Å². The van der Waals surface area contributed by atoms with E-state index in [0.29, 0.717) is 0 Å². The van der Waals surface area contributed by atoms with Crippen LogP contribution in [0.5, 0.6) is 0 Å². The Bertz CT molecular complexity index is 1670. The molecule has 3 aromatic heterocycles. The summed E-state index contributed by atoms with van der Waals surface area (Å²) < 4.78 is 0. The molecule has 1 radical (unpaired) electrons. The number of nitrogens with zero attached hydrogens (tertiary/aromatic N) is 3. The molecule has 0 aliphatic heterocycles. The summed E-state index contributed by atoms with van der Waals surface area (Å²) in [5, 5.41) is 1.51. The summed E-state index contributed by atoms with van der Waals surface area (Å²) in [6, 6.07) is 33.6. The van der Waals surface area contributed by atoms with Gasteiger partial charge in [-0.25, -0.2) is 0 Å². The van der Waals surface area contributed by atoms with Crippen LogP contribution in [0.3, 0.4) is 0 Å². The zero-order valence-electron chi connectivity index (χ0n) is 28.1. The van der Waals surface area contributed by atoms with Crippen molar-refractivity contribution in [2.75, 3.05) is 0 Å². The van der Waals surface area contributed by atoms with E-state index >= 15 is 0 Å². The van der Waals surface area contributed by atoms with Crippen LogP contribution in [0, 0.1) is 24.0 Å². The van der Waals surface area contributed by atoms with Crippen LogP contribution in [-0.4, -0.2) is 23.0 Å². The smallest absolute Gasteiger partial charge is 0.0798 e. The van der Waals surface area contributed by atoms with E-state index in [4.69, 9.17) is 9.97 Å². The minimum atomic E-state index is -1.37. The normalized spacial score (nSPS) is 15.1. The molecule has 0 amide bonds. The molecular weight excluding hydrogens is 767 g/mol. The molecule has 0 saturated heterocycles. The van der Waals surface area contributed by atoms with E-state index in [0.717, 1.165) is 40.9 Å². The molecule has 2 aliphatic rings. The molecule has 0 N–H and O–H groups in total. The fraction of sp³-hybridized carbons (Fsp3) is 0.357. The van der Waals surface area contributed by atoms with Crippen molar-refractivity contribution in [2.24, 2.45) is 11.8 Å². The Morgan fingerprint density at radius 1 is 0.660 bits per heavy atom. The predicted molar refractivity (Wildman–Crippen MR) is 195 cm³/mol. The van der Waals surface area contributed by atoms with Crippen LogP contribution in [0.15, 0.2) is 97.5 Å². The van der Waals surface area contributed by atoms with Gasteiger partial charge in [0.2, 0.25) is 0 Å². The number of hydrogen-bond donors (Lipinski definition) is 0.